The second-order valence-electron chi connectivity index (χ2n) is 9.58. The summed E-state index contributed by atoms with van der Waals surface area (Å²) < 4.78 is 21.0. The Morgan fingerprint density at radius 3 is 1.25 bits per heavy atom. The SMILES string of the molecule is C=COCC(C=CC(C)(C)C)COC=C.C=COCC(C=CC(C)(C)C)COC=CCC. The normalized spacial score (nSPS) is 13.0. The molecule has 0 spiro atoms. The van der Waals surface area contributed by atoms with Crippen LogP contribution in [0.1, 0.15) is 54.9 Å². The van der Waals surface area contributed by atoms with E-state index in [0.717, 1.165) is 6.42 Å². The van der Waals surface area contributed by atoms with E-state index in [1.165, 1.54) is 18.8 Å². The molecule has 0 saturated carbocycles. The van der Waals surface area contributed by atoms with Gasteiger partial charge in [0.05, 0.1) is 51.5 Å². The summed E-state index contributed by atoms with van der Waals surface area (Å²) in [5, 5.41) is 0. The van der Waals surface area contributed by atoms with Crippen molar-refractivity contribution in [1.82, 2.24) is 0 Å². The molecular formula is C28H48O4. The Morgan fingerprint density at radius 1 is 0.625 bits per heavy atom. The molecule has 0 heterocycles. The van der Waals surface area contributed by atoms with Crippen LogP contribution in [0.3, 0.4) is 0 Å². The van der Waals surface area contributed by atoms with Crippen LogP contribution in [0, 0.1) is 22.7 Å². The molecule has 0 aliphatic carbocycles. The van der Waals surface area contributed by atoms with E-state index in [-0.39, 0.29) is 22.7 Å². The van der Waals surface area contributed by atoms with Crippen molar-refractivity contribution in [2.24, 2.45) is 22.7 Å². The summed E-state index contributed by atoms with van der Waals surface area (Å²) in [5.41, 5.74) is 0.367. The average molecular weight is 449 g/mol. The minimum atomic E-state index is 0.181. The molecule has 0 fully saturated rings. The largest absolute Gasteiger partial charge is 0.501 e. The highest BCUT2D eigenvalue weighted by molar-refractivity contribution is 4.97. The van der Waals surface area contributed by atoms with Gasteiger partial charge in [-0.1, -0.05) is 98.6 Å². The van der Waals surface area contributed by atoms with Crippen molar-refractivity contribution in [2.45, 2.75) is 54.9 Å². The molecule has 0 aromatic carbocycles. The lowest BCUT2D eigenvalue weighted by Crippen LogP contribution is -2.12. The highest BCUT2D eigenvalue weighted by atomic mass is 16.5. The summed E-state index contributed by atoms with van der Waals surface area (Å²) >= 11 is 0. The Bertz CT molecular complexity index is 547. The van der Waals surface area contributed by atoms with E-state index in [1.807, 2.05) is 6.08 Å². The first-order valence-electron chi connectivity index (χ1n) is 11.3. The average Bonchev–Trinajstić information content (AvgIpc) is 2.71. The smallest absolute Gasteiger partial charge is 0.0968 e. The van der Waals surface area contributed by atoms with Crippen LogP contribution in [0.4, 0.5) is 0 Å². The maximum Gasteiger partial charge on any atom is 0.0968 e. The molecule has 32 heavy (non-hydrogen) atoms. The minimum Gasteiger partial charge on any atom is -0.501 e. The maximum atomic E-state index is 5.45. The quantitative estimate of drug-likeness (QED) is 0.189. The van der Waals surface area contributed by atoms with Gasteiger partial charge in [-0.2, -0.15) is 0 Å². The number of allylic oxidation sites excluding steroid dienone is 3. The molecule has 1 atom stereocenters. The van der Waals surface area contributed by atoms with E-state index in [4.69, 9.17) is 18.9 Å². The first-order chi connectivity index (χ1) is 15.0. The first kappa shape index (κ1) is 31.8. The van der Waals surface area contributed by atoms with Crippen molar-refractivity contribution in [3.05, 3.63) is 75.2 Å². The summed E-state index contributed by atoms with van der Waals surface area (Å²) in [5.74, 6) is 0.494. The molecule has 0 aromatic rings. The van der Waals surface area contributed by atoms with Gasteiger partial charge in [0.15, 0.2) is 0 Å². The van der Waals surface area contributed by atoms with Crippen molar-refractivity contribution < 1.29 is 18.9 Å². The number of hydrogen-bond donors (Lipinski definition) is 0. The Labute approximate surface area is 198 Å². The fourth-order valence-electron chi connectivity index (χ4n) is 2.09. The van der Waals surface area contributed by atoms with Crippen LogP contribution in [0.15, 0.2) is 75.2 Å². The van der Waals surface area contributed by atoms with Crippen molar-refractivity contribution >= 4 is 0 Å². The van der Waals surface area contributed by atoms with Gasteiger partial charge in [-0.3, -0.25) is 0 Å². The van der Waals surface area contributed by atoms with Gasteiger partial charge in [0, 0.05) is 11.8 Å². The lowest BCUT2D eigenvalue weighted by atomic mass is 9.94. The summed E-state index contributed by atoms with van der Waals surface area (Å²) in [4.78, 5) is 0. The van der Waals surface area contributed by atoms with E-state index < -0.39 is 0 Å². The molecule has 184 valence electrons. The fraction of sp³-hybridized carbons (Fsp3) is 0.571. The van der Waals surface area contributed by atoms with Crippen molar-refractivity contribution in [3.63, 3.8) is 0 Å². The van der Waals surface area contributed by atoms with Gasteiger partial charge in [-0.15, -0.1) is 0 Å². The Kier molecular flexibility index (Phi) is 19.2. The van der Waals surface area contributed by atoms with Crippen LogP contribution in [-0.4, -0.2) is 26.4 Å². The zero-order valence-electron chi connectivity index (χ0n) is 21.6. The number of hydrogen-bond acceptors (Lipinski definition) is 4. The van der Waals surface area contributed by atoms with Crippen molar-refractivity contribution in [2.75, 3.05) is 26.4 Å². The fourth-order valence-corrected chi connectivity index (χ4v) is 2.09. The third-order valence-electron chi connectivity index (χ3n) is 3.76. The molecule has 0 aromatic heterocycles. The molecule has 0 N–H and O–H groups in total. The third kappa shape index (κ3) is 25.7. The molecule has 0 amide bonds. The number of ether oxygens (including phenoxy) is 4. The molecule has 4 heteroatoms. The number of rotatable bonds is 15. The molecule has 0 radical (unpaired) electrons. The van der Waals surface area contributed by atoms with E-state index in [1.54, 1.807) is 6.26 Å². The molecule has 1 unspecified atom stereocenters. The second kappa shape index (κ2) is 19.3. The van der Waals surface area contributed by atoms with Crippen molar-refractivity contribution in [3.8, 4) is 0 Å². The van der Waals surface area contributed by atoms with Crippen LogP contribution in [-0.2, 0) is 18.9 Å². The molecule has 0 aliphatic heterocycles. The summed E-state index contributed by atoms with van der Waals surface area (Å²) in [6.45, 7) is 28.1. The van der Waals surface area contributed by atoms with Gasteiger partial charge < -0.3 is 18.9 Å². The zero-order chi connectivity index (χ0) is 24.9. The lowest BCUT2D eigenvalue weighted by Gasteiger charge is -2.16. The first-order valence-corrected chi connectivity index (χ1v) is 11.3. The molecule has 0 aliphatic rings. The predicted octanol–water partition coefficient (Wildman–Crippen LogP) is 7.83. The van der Waals surface area contributed by atoms with Gasteiger partial charge >= 0.3 is 0 Å². The minimum absolute atomic E-state index is 0.181. The van der Waals surface area contributed by atoms with E-state index >= 15 is 0 Å². The van der Waals surface area contributed by atoms with Gasteiger partial charge in [-0.25, -0.2) is 0 Å². The van der Waals surface area contributed by atoms with Gasteiger partial charge in [-0.05, 0) is 17.3 Å². The van der Waals surface area contributed by atoms with E-state index in [0.29, 0.717) is 26.4 Å². The monoisotopic (exact) mass is 448 g/mol. The molecule has 0 rings (SSSR count). The Morgan fingerprint density at radius 2 is 0.969 bits per heavy atom. The highest BCUT2D eigenvalue weighted by Gasteiger charge is 2.10. The second-order valence-corrected chi connectivity index (χ2v) is 9.58. The van der Waals surface area contributed by atoms with Crippen LogP contribution < -0.4 is 0 Å². The summed E-state index contributed by atoms with van der Waals surface area (Å²) in [6.07, 6.45) is 17.7. The molecule has 4 nitrogen and oxygen atoms in total. The van der Waals surface area contributed by atoms with Crippen LogP contribution >= 0.6 is 0 Å². The summed E-state index contributed by atoms with van der Waals surface area (Å²) in [7, 11) is 0. The van der Waals surface area contributed by atoms with Crippen LogP contribution in [0.5, 0.6) is 0 Å². The molecular weight excluding hydrogens is 400 g/mol. The summed E-state index contributed by atoms with van der Waals surface area (Å²) in [6, 6.07) is 0. The zero-order valence-corrected chi connectivity index (χ0v) is 21.6. The molecule has 0 bridgehead atoms. The van der Waals surface area contributed by atoms with Gasteiger partial charge in [0.25, 0.3) is 0 Å². The predicted molar refractivity (Wildman–Crippen MR) is 138 cm³/mol. The third-order valence-corrected chi connectivity index (χ3v) is 3.76. The van der Waals surface area contributed by atoms with Crippen molar-refractivity contribution in [1.29, 1.82) is 0 Å². The molecule has 0 saturated heterocycles. The van der Waals surface area contributed by atoms with Gasteiger partial charge in [0.1, 0.15) is 0 Å². The standard InChI is InChI=1S/C15H26O2.C13H22O2/c1-6-8-11-17-13-14(12-16-7-2)9-10-15(3,4)5;1-6-14-10-12(11-15-7-2)8-9-13(3,4)5/h7-11,14H,2,6,12-13H2,1,3-5H3;6-9,12H,1-2,10-11H2,3-5H3. The van der Waals surface area contributed by atoms with E-state index in [9.17, 15) is 0 Å². The van der Waals surface area contributed by atoms with Crippen LogP contribution in [0.25, 0.3) is 0 Å². The lowest BCUT2D eigenvalue weighted by molar-refractivity contribution is 0.146. The topological polar surface area (TPSA) is 36.9 Å². The highest BCUT2D eigenvalue weighted by Crippen LogP contribution is 2.17. The van der Waals surface area contributed by atoms with Gasteiger partial charge in [0.2, 0.25) is 0 Å². The van der Waals surface area contributed by atoms with Crippen LogP contribution in [0.2, 0.25) is 0 Å². The maximum absolute atomic E-state index is 5.45. The van der Waals surface area contributed by atoms with E-state index in [2.05, 4.69) is 92.5 Å². The Hall–Kier alpha value is -2.36. The Balaban J connectivity index is 0.